The number of nitriles is 1. The summed E-state index contributed by atoms with van der Waals surface area (Å²) in [5.41, 5.74) is 5.81. The van der Waals surface area contributed by atoms with Crippen molar-refractivity contribution in [1.82, 2.24) is 0 Å². The zero-order chi connectivity index (χ0) is 15.5. The lowest BCUT2D eigenvalue weighted by Crippen LogP contribution is -2.35. The minimum Gasteiger partial charge on any atom is -0.478 e. The second kappa shape index (κ2) is 5.79. The number of hydrogen-bond donors (Lipinski definition) is 2. The molecule has 1 atom stereocenters. The van der Waals surface area contributed by atoms with Gasteiger partial charge >= 0.3 is 5.97 Å². The summed E-state index contributed by atoms with van der Waals surface area (Å²) in [5, 5.41) is 16.5. The number of nitrogen functional groups attached to an aromatic ring is 1. The van der Waals surface area contributed by atoms with Crippen molar-refractivity contribution in [3.63, 3.8) is 0 Å². The molecule has 0 aliphatic heterocycles. The van der Waals surface area contributed by atoms with Crippen LogP contribution in [0.15, 0.2) is 18.2 Å². The summed E-state index contributed by atoms with van der Waals surface area (Å²) in [7, 11) is -2.59. The standard InChI is InChI=1S/C12H15N3O4S/c1-3-9(7-13)20(18,19)15(2)11-5-4-8(12(16)17)6-10(11)14/h4-6,9H,3,14H2,1-2H3,(H,16,17). The molecule has 20 heavy (non-hydrogen) atoms. The van der Waals surface area contributed by atoms with Crippen LogP contribution >= 0.6 is 0 Å². The van der Waals surface area contributed by atoms with Gasteiger partial charge in [-0.2, -0.15) is 5.26 Å². The van der Waals surface area contributed by atoms with Crippen LogP contribution < -0.4 is 10.0 Å². The van der Waals surface area contributed by atoms with E-state index >= 15 is 0 Å². The molecule has 3 N–H and O–H groups in total. The maximum Gasteiger partial charge on any atom is 0.335 e. The summed E-state index contributed by atoms with van der Waals surface area (Å²) in [6.07, 6.45) is 0.149. The molecule has 0 fully saturated rings. The highest BCUT2D eigenvalue weighted by atomic mass is 32.2. The highest BCUT2D eigenvalue weighted by Crippen LogP contribution is 2.27. The molecule has 0 amide bonds. The van der Waals surface area contributed by atoms with E-state index in [1.807, 2.05) is 0 Å². The second-order valence-corrected chi connectivity index (χ2v) is 6.26. The molecule has 0 heterocycles. The Morgan fingerprint density at radius 3 is 2.55 bits per heavy atom. The number of carboxylic acids is 1. The predicted octanol–water partition coefficient (Wildman–Crippen LogP) is 1.04. The lowest BCUT2D eigenvalue weighted by molar-refractivity contribution is 0.0697. The number of benzene rings is 1. The largest absolute Gasteiger partial charge is 0.478 e. The lowest BCUT2D eigenvalue weighted by atomic mass is 10.2. The Morgan fingerprint density at radius 2 is 2.15 bits per heavy atom. The first-order chi connectivity index (χ1) is 9.25. The number of carboxylic acid groups (broad SMARTS) is 1. The molecule has 0 spiro atoms. The lowest BCUT2D eigenvalue weighted by Gasteiger charge is -2.23. The fourth-order valence-corrected chi connectivity index (χ4v) is 3.05. The molecule has 1 aromatic rings. The van der Waals surface area contributed by atoms with Crippen LogP contribution in [-0.4, -0.2) is 31.8 Å². The van der Waals surface area contributed by atoms with Crippen LogP contribution in [0.25, 0.3) is 0 Å². The Bertz CT molecular complexity index is 664. The molecule has 1 rings (SSSR count). The van der Waals surface area contributed by atoms with E-state index in [0.29, 0.717) is 0 Å². The molecule has 1 aromatic carbocycles. The van der Waals surface area contributed by atoms with Crippen molar-refractivity contribution < 1.29 is 18.3 Å². The number of aromatic carboxylic acids is 1. The number of sulfonamides is 1. The van der Waals surface area contributed by atoms with Gasteiger partial charge in [0.2, 0.25) is 0 Å². The molecule has 0 saturated carbocycles. The van der Waals surface area contributed by atoms with Crippen LogP contribution in [0.2, 0.25) is 0 Å². The Labute approximate surface area is 117 Å². The van der Waals surface area contributed by atoms with Crippen molar-refractivity contribution in [3.05, 3.63) is 23.8 Å². The summed E-state index contributed by atoms with van der Waals surface area (Å²) in [4.78, 5) is 10.8. The molecule has 7 nitrogen and oxygen atoms in total. The average Bonchev–Trinajstić information content (AvgIpc) is 2.38. The first-order valence-corrected chi connectivity index (χ1v) is 7.26. The van der Waals surface area contributed by atoms with Gasteiger partial charge in [0, 0.05) is 7.05 Å². The number of carbonyl (C=O) groups is 1. The van der Waals surface area contributed by atoms with E-state index in [0.717, 1.165) is 4.31 Å². The maximum atomic E-state index is 12.2. The summed E-state index contributed by atoms with van der Waals surface area (Å²) >= 11 is 0. The van der Waals surface area contributed by atoms with Crippen molar-refractivity contribution in [3.8, 4) is 6.07 Å². The molecule has 0 bridgehead atoms. The van der Waals surface area contributed by atoms with Crippen LogP contribution in [0.4, 0.5) is 11.4 Å². The van der Waals surface area contributed by atoms with E-state index in [9.17, 15) is 13.2 Å². The van der Waals surface area contributed by atoms with Crippen LogP contribution in [-0.2, 0) is 10.0 Å². The third-order valence-electron chi connectivity index (χ3n) is 2.87. The summed E-state index contributed by atoms with van der Waals surface area (Å²) in [5.74, 6) is -1.16. The van der Waals surface area contributed by atoms with Gasteiger partial charge in [0.15, 0.2) is 5.25 Å². The number of nitrogens with zero attached hydrogens (tertiary/aromatic N) is 2. The summed E-state index contributed by atoms with van der Waals surface area (Å²) in [6.45, 7) is 1.59. The Kier molecular flexibility index (Phi) is 4.57. The van der Waals surface area contributed by atoms with Gasteiger partial charge in [-0.15, -0.1) is 0 Å². The number of anilines is 2. The Morgan fingerprint density at radius 1 is 1.55 bits per heavy atom. The Hall–Kier alpha value is -2.27. The number of rotatable bonds is 5. The fraction of sp³-hybridized carbons (Fsp3) is 0.333. The number of nitrogens with two attached hydrogens (primary N) is 1. The number of hydrogen-bond acceptors (Lipinski definition) is 5. The quantitative estimate of drug-likeness (QED) is 0.782. The maximum absolute atomic E-state index is 12.2. The molecule has 0 saturated heterocycles. The minimum atomic E-state index is -3.87. The summed E-state index contributed by atoms with van der Waals surface area (Å²) in [6, 6.07) is 5.47. The van der Waals surface area contributed by atoms with E-state index in [4.69, 9.17) is 16.1 Å². The average molecular weight is 297 g/mol. The molecule has 0 aromatic heterocycles. The SMILES string of the molecule is CCC(C#N)S(=O)(=O)N(C)c1ccc(C(=O)O)cc1N. The normalized spacial score (nSPS) is 12.4. The van der Waals surface area contributed by atoms with Crippen molar-refractivity contribution in [2.75, 3.05) is 17.1 Å². The zero-order valence-corrected chi connectivity index (χ0v) is 11.9. The summed E-state index contributed by atoms with van der Waals surface area (Å²) < 4.78 is 25.3. The van der Waals surface area contributed by atoms with Gasteiger partial charge in [-0.1, -0.05) is 6.92 Å². The smallest absolute Gasteiger partial charge is 0.335 e. The van der Waals surface area contributed by atoms with Crippen LogP contribution in [0.5, 0.6) is 0 Å². The first kappa shape index (κ1) is 15.8. The highest BCUT2D eigenvalue weighted by Gasteiger charge is 2.29. The molecule has 0 aliphatic rings. The van der Waals surface area contributed by atoms with E-state index in [-0.39, 0.29) is 23.4 Å². The molecule has 0 radical (unpaired) electrons. The third kappa shape index (κ3) is 2.83. The van der Waals surface area contributed by atoms with Crippen molar-refractivity contribution in [2.45, 2.75) is 18.6 Å². The molecular formula is C12H15N3O4S. The predicted molar refractivity (Wildman–Crippen MR) is 74.8 cm³/mol. The molecule has 108 valence electrons. The third-order valence-corrected chi connectivity index (χ3v) is 4.99. The Balaban J connectivity index is 3.26. The fourth-order valence-electron chi connectivity index (χ4n) is 1.67. The van der Waals surface area contributed by atoms with Crippen molar-refractivity contribution >= 4 is 27.4 Å². The highest BCUT2D eigenvalue weighted by molar-refractivity contribution is 7.93. The van der Waals surface area contributed by atoms with Gasteiger partial charge in [-0.05, 0) is 24.6 Å². The van der Waals surface area contributed by atoms with Crippen molar-refractivity contribution in [1.29, 1.82) is 5.26 Å². The monoisotopic (exact) mass is 297 g/mol. The zero-order valence-electron chi connectivity index (χ0n) is 11.1. The van der Waals surface area contributed by atoms with Crippen LogP contribution in [0, 0.1) is 11.3 Å². The van der Waals surface area contributed by atoms with E-state index in [2.05, 4.69) is 0 Å². The van der Waals surface area contributed by atoms with Gasteiger partial charge in [0.1, 0.15) is 0 Å². The van der Waals surface area contributed by atoms with Gasteiger partial charge in [-0.3, -0.25) is 4.31 Å². The second-order valence-electron chi connectivity index (χ2n) is 4.12. The first-order valence-electron chi connectivity index (χ1n) is 5.75. The molecule has 0 aliphatic carbocycles. The minimum absolute atomic E-state index is 0.0174. The molecule has 8 heteroatoms. The van der Waals surface area contributed by atoms with E-state index in [1.165, 1.54) is 25.2 Å². The molecular weight excluding hydrogens is 282 g/mol. The van der Waals surface area contributed by atoms with Crippen LogP contribution in [0.3, 0.4) is 0 Å². The topological polar surface area (TPSA) is 124 Å². The van der Waals surface area contributed by atoms with Gasteiger partial charge in [0.25, 0.3) is 10.0 Å². The van der Waals surface area contributed by atoms with Crippen LogP contribution in [0.1, 0.15) is 23.7 Å². The van der Waals surface area contributed by atoms with Gasteiger partial charge < -0.3 is 10.8 Å². The van der Waals surface area contributed by atoms with E-state index in [1.54, 1.807) is 13.0 Å². The van der Waals surface area contributed by atoms with Crippen molar-refractivity contribution in [2.24, 2.45) is 0 Å². The van der Waals surface area contributed by atoms with Gasteiger partial charge in [-0.25, -0.2) is 13.2 Å². The molecule has 1 unspecified atom stereocenters. The van der Waals surface area contributed by atoms with E-state index < -0.39 is 21.2 Å². The van der Waals surface area contributed by atoms with Gasteiger partial charge in [0.05, 0.1) is 23.0 Å².